The fourth-order valence-electron chi connectivity index (χ4n) is 2.66. The first kappa shape index (κ1) is 20.3. The van der Waals surface area contributed by atoms with Crippen molar-refractivity contribution in [2.24, 2.45) is 11.3 Å². The molecule has 1 saturated heterocycles. The van der Waals surface area contributed by atoms with Crippen LogP contribution in [0, 0.1) is 17.2 Å². The van der Waals surface area contributed by atoms with Crippen LogP contribution in [0.4, 0.5) is 4.39 Å². The van der Waals surface area contributed by atoms with Crippen LogP contribution in [0.2, 0.25) is 0 Å². The second-order valence-corrected chi connectivity index (χ2v) is 9.00. The van der Waals surface area contributed by atoms with E-state index >= 15 is 0 Å². The topological polar surface area (TPSA) is 104 Å². The lowest BCUT2D eigenvalue weighted by atomic mass is 9.93. The maximum absolute atomic E-state index is 13.0. The maximum atomic E-state index is 13.0. The molecule has 1 aromatic rings. The normalized spacial score (nSPS) is 19.1. The van der Waals surface area contributed by atoms with Crippen molar-refractivity contribution in [2.75, 3.05) is 19.6 Å². The highest BCUT2D eigenvalue weighted by Gasteiger charge is 2.34. The van der Waals surface area contributed by atoms with Gasteiger partial charge >= 0.3 is 5.97 Å². The van der Waals surface area contributed by atoms with E-state index in [1.807, 2.05) is 0 Å². The third-order valence-electron chi connectivity index (χ3n) is 4.49. The molecule has 0 radical (unpaired) electrons. The molecular formula is C17H23FN2O5S. The number of benzene rings is 1. The summed E-state index contributed by atoms with van der Waals surface area (Å²) in [6.07, 6.45) is 1.04. The summed E-state index contributed by atoms with van der Waals surface area (Å²) >= 11 is 0. The lowest BCUT2D eigenvalue weighted by molar-refractivity contribution is -0.146. The van der Waals surface area contributed by atoms with Gasteiger partial charge in [0.25, 0.3) is 0 Å². The van der Waals surface area contributed by atoms with Crippen LogP contribution < -0.4 is 5.32 Å². The van der Waals surface area contributed by atoms with Crippen LogP contribution in [0.25, 0.3) is 0 Å². The molecular weight excluding hydrogens is 363 g/mol. The SMILES string of the molecule is CC(C)(CNC(=O)C1CCCN(S(=O)(=O)c2ccc(F)cc2)C1)C(=O)O. The van der Waals surface area contributed by atoms with Crippen LogP contribution in [0.3, 0.4) is 0 Å². The number of halogens is 1. The molecule has 2 rings (SSSR count). The van der Waals surface area contributed by atoms with Gasteiger partial charge < -0.3 is 10.4 Å². The summed E-state index contributed by atoms with van der Waals surface area (Å²) in [7, 11) is -3.81. The number of carboxylic acids is 1. The Morgan fingerprint density at radius 2 is 1.92 bits per heavy atom. The van der Waals surface area contributed by atoms with E-state index in [0.717, 1.165) is 12.1 Å². The minimum absolute atomic E-state index is 0.0129. The Labute approximate surface area is 152 Å². The summed E-state index contributed by atoms with van der Waals surface area (Å²) in [5, 5.41) is 11.7. The number of sulfonamides is 1. The molecule has 26 heavy (non-hydrogen) atoms. The summed E-state index contributed by atoms with van der Waals surface area (Å²) in [5.41, 5.74) is -1.11. The van der Waals surface area contributed by atoms with Gasteiger partial charge in [0.1, 0.15) is 5.82 Å². The number of hydrogen-bond donors (Lipinski definition) is 2. The van der Waals surface area contributed by atoms with Crippen LogP contribution in [0.1, 0.15) is 26.7 Å². The smallest absolute Gasteiger partial charge is 0.310 e. The first-order valence-corrected chi connectivity index (χ1v) is 9.75. The Balaban J connectivity index is 2.05. The highest BCUT2D eigenvalue weighted by atomic mass is 32.2. The largest absolute Gasteiger partial charge is 0.481 e. The Kier molecular flexibility index (Phi) is 6.02. The number of carboxylic acid groups (broad SMARTS) is 1. The van der Waals surface area contributed by atoms with E-state index in [9.17, 15) is 22.4 Å². The van der Waals surface area contributed by atoms with Crippen LogP contribution in [0.5, 0.6) is 0 Å². The molecule has 1 unspecified atom stereocenters. The van der Waals surface area contributed by atoms with Gasteiger partial charge in [-0.3, -0.25) is 9.59 Å². The molecule has 9 heteroatoms. The van der Waals surface area contributed by atoms with Crippen molar-refractivity contribution in [1.82, 2.24) is 9.62 Å². The molecule has 0 aliphatic carbocycles. The first-order chi connectivity index (χ1) is 12.0. The number of nitrogens with one attached hydrogen (secondary N) is 1. The quantitative estimate of drug-likeness (QED) is 0.770. The Bertz CT molecular complexity index is 777. The standard InChI is InChI=1S/C17H23FN2O5S/c1-17(2,16(22)23)11-19-15(21)12-4-3-9-20(10-12)26(24,25)14-7-5-13(18)6-8-14/h5-8,12H,3-4,9-11H2,1-2H3,(H,19,21)(H,22,23). The zero-order valence-electron chi connectivity index (χ0n) is 14.7. The fourth-order valence-corrected chi connectivity index (χ4v) is 4.18. The zero-order valence-corrected chi connectivity index (χ0v) is 15.6. The summed E-state index contributed by atoms with van der Waals surface area (Å²) in [6.45, 7) is 3.26. The van der Waals surface area contributed by atoms with Gasteiger partial charge in [0, 0.05) is 19.6 Å². The van der Waals surface area contributed by atoms with Gasteiger partial charge in [-0.25, -0.2) is 12.8 Å². The monoisotopic (exact) mass is 386 g/mol. The summed E-state index contributed by atoms with van der Waals surface area (Å²) in [4.78, 5) is 23.4. The van der Waals surface area contributed by atoms with Crippen molar-refractivity contribution in [2.45, 2.75) is 31.6 Å². The molecule has 1 atom stereocenters. The molecule has 1 heterocycles. The number of nitrogens with zero attached hydrogens (tertiary/aromatic N) is 1. The first-order valence-electron chi connectivity index (χ1n) is 8.31. The molecule has 0 spiro atoms. The number of rotatable bonds is 6. The van der Waals surface area contributed by atoms with Crippen molar-refractivity contribution < 1.29 is 27.5 Å². The molecule has 1 aromatic carbocycles. The maximum Gasteiger partial charge on any atom is 0.310 e. The Morgan fingerprint density at radius 3 is 2.50 bits per heavy atom. The summed E-state index contributed by atoms with van der Waals surface area (Å²) < 4.78 is 39.6. The zero-order chi connectivity index (χ0) is 19.5. The van der Waals surface area contributed by atoms with E-state index in [2.05, 4.69) is 5.32 Å². The predicted octanol–water partition coefficient (Wildman–Crippen LogP) is 1.45. The van der Waals surface area contributed by atoms with Gasteiger partial charge in [-0.1, -0.05) is 0 Å². The number of piperidine rings is 1. The summed E-state index contributed by atoms with van der Waals surface area (Å²) in [5.74, 6) is -2.47. The molecule has 2 N–H and O–H groups in total. The minimum Gasteiger partial charge on any atom is -0.481 e. The number of carbonyl (C=O) groups is 2. The lowest BCUT2D eigenvalue weighted by Crippen LogP contribution is -2.47. The molecule has 0 aromatic heterocycles. The fraction of sp³-hybridized carbons (Fsp3) is 0.529. The van der Waals surface area contributed by atoms with Crippen molar-refractivity contribution in [3.63, 3.8) is 0 Å². The summed E-state index contributed by atoms with van der Waals surface area (Å²) in [6, 6.07) is 4.55. The van der Waals surface area contributed by atoms with Gasteiger partial charge in [-0.15, -0.1) is 0 Å². The van der Waals surface area contributed by atoms with E-state index in [0.29, 0.717) is 12.8 Å². The second-order valence-electron chi connectivity index (χ2n) is 7.06. The molecule has 1 amide bonds. The van der Waals surface area contributed by atoms with Gasteiger partial charge in [0.15, 0.2) is 0 Å². The highest BCUT2D eigenvalue weighted by Crippen LogP contribution is 2.24. The predicted molar refractivity (Wildman–Crippen MR) is 92.3 cm³/mol. The van der Waals surface area contributed by atoms with E-state index in [4.69, 9.17) is 5.11 Å². The van der Waals surface area contributed by atoms with Gasteiger partial charge in [0.2, 0.25) is 15.9 Å². The Hall–Kier alpha value is -2.00. The van der Waals surface area contributed by atoms with Crippen molar-refractivity contribution in [3.8, 4) is 0 Å². The van der Waals surface area contributed by atoms with Crippen molar-refractivity contribution in [1.29, 1.82) is 0 Å². The van der Waals surface area contributed by atoms with Gasteiger partial charge in [-0.05, 0) is 51.0 Å². The average molecular weight is 386 g/mol. The average Bonchev–Trinajstić information content (AvgIpc) is 2.60. The van der Waals surface area contributed by atoms with E-state index in [1.54, 1.807) is 0 Å². The molecule has 1 fully saturated rings. The Morgan fingerprint density at radius 1 is 1.31 bits per heavy atom. The molecule has 1 aliphatic heterocycles. The van der Waals surface area contributed by atoms with Crippen LogP contribution >= 0.6 is 0 Å². The van der Waals surface area contributed by atoms with Crippen LogP contribution in [-0.2, 0) is 19.6 Å². The number of amides is 1. The van der Waals surface area contributed by atoms with Crippen LogP contribution in [0.15, 0.2) is 29.2 Å². The lowest BCUT2D eigenvalue weighted by Gasteiger charge is -2.31. The molecule has 1 aliphatic rings. The minimum atomic E-state index is -3.81. The second kappa shape index (κ2) is 7.71. The number of carbonyl (C=O) groups excluding carboxylic acids is 1. The molecule has 0 bridgehead atoms. The third-order valence-corrected chi connectivity index (χ3v) is 6.37. The van der Waals surface area contributed by atoms with E-state index < -0.39 is 33.1 Å². The molecule has 0 saturated carbocycles. The molecule has 144 valence electrons. The van der Waals surface area contributed by atoms with E-state index in [1.165, 1.54) is 30.3 Å². The highest BCUT2D eigenvalue weighted by molar-refractivity contribution is 7.89. The number of aliphatic carboxylic acids is 1. The third kappa shape index (κ3) is 4.59. The van der Waals surface area contributed by atoms with Crippen molar-refractivity contribution >= 4 is 21.9 Å². The van der Waals surface area contributed by atoms with Gasteiger partial charge in [0.05, 0.1) is 16.2 Å². The van der Waals surface area contributed by atoms with E-state index in [-0.39, 0.29) is 30.4 Å². The van der Waals surface area contributed by atoms with Gasteiger partial charge in [-0.2, -0.15) is 4.31 Å². The number of hydrogen-bond acceptors (Lipinski definition) is 4. The van der Waals surface area contributed by atoms with Crippen molar-refractivity contribution in [3.05, 3.63) is 30.1 Å². The molecule has 7 nitrogen and oxygen atoms in total. The van der Waals surface area contributed by atoms with Crippen LogP contribution in [-0.4, -0.2) is 49.3 Å².